The van der Waals surface area contributed by atoms with Crippen LogP contribution in [0.1, 0.15) is 28.5 Å². The molecule has 0 saturated carbocycles. The summed E-state index contributed by atoms with van der Waals surface area (Å²) in [5, 5.41) is 21.7. The zero-order valence-corrected chi connectivity index (χ0v) is 14.2. The lowest BCUT2D eigenvalue weighted by Gasteiger charge is -2.47. The molecule has 4 heteroatoms. The highest BCUT2D eigenvalue weighted by Crippen LogP contribution is 2.61. The first-order valence-corrected chi connectivity index (χ1v) is 8.67. The van der Waals surface area contributed by atoms with Gasteiger partial charge >= 0.3 is 0 Å². The molecule has 2 N–H and O–H groups in total. The number of hydrogen-bond donors (Lipinski definition) is 2. The van der Waals surface area contributed by atoms with Crippen LogP contribution in [0.5, 0.6) is 11.8 Å². The van der Waals surface area contributed by atoms with Crippen LogP contribution in [0.2, 0.25) is 0 Å². The van der Waals surface area contributed by atoms with E-state index in [9.17, 15) is 10.2 Å². The van der Waals surface area contributed by atoms with E-state index in [0.717, 1.165) is 26.9 Å². The average Bonchev–Trinajstić information content (AvgIpc) is 2.75. The normalized spacial score (nSPS) is 29.3. The summed E-state index contributed by atoms with van der Waals surface area (Å²) in [5.41, 5.74) is 3.66. The Bertz CT molecular complexity index is 863. The predicted octanol–water partition coefficient (Wildman–Crippen LogP) is 4.51. The molecule has 4 aliphatic carbocycles. The molecule has 4 atom stereocenters. The molecule has 1 aromatic carbocycles. The molecule has 4 aliphatic rings. The van der Waals surface area contributed by atoms with Crippen molar-refractivity contribution in [2.45, 2.75) is 18.8 Å². The lowest BCUT2D eigenvalue weighted by molar-refractivity contribution is 0.306. The number of hydrogen-bond acceptors (Lipinski definition) is 2. The second-order valence-corrected chi connectivity index (χ2v) is 7.57. The van der Waals surface area contributed by atoms with Gasteiger partial charge in [0.25, 0.3) is 0 Å². The van der Waals surface area contributed by atoms with Gasteiger partial charge < -0.3 is 10.2 Å². The molecular formula is C19H16BrNO2. The molecule has 0 spiro atoms. The molecule has 0 amide bonds. The monoisotopic (exact) mass is 369 g/mol. The minimum Gasteiger partial charge on any atom is -0.494 e. The fourth-order valence-electron chi connectivity index (χ4n) is 4.41. The zero-order chi connectivity index (χ0) is 15.9. The molecule has 6 rings (SSSR count). The number of allylic oxidation sites excluding steroid dienone is 4. The van der Waals surface area contributed by atoms with Crippen molar-refractivity contribution in [3.05, 3.63) is 63.7 Å². The Kier molecular flexibility index (Phi) is 2.54. The SMILES string of the molecule is Cc1cc(-n2c(O)c3c(c2O)[C@@H]2C=C[C@H]3[C@H]3C=C[C@H]32)ccc1Br. The lowest BCUT2D eigenvalue weighted by atomic mass is 9.56. The van der Waals surface area contributed by atoms with Crippen LogP contribution in [-0.2, 0) is 0 Å². The van der Waals surface area contributed by atoms with E-state index in [0.29, 0.717) is 11.8 Å². The van der Waals surface area contributed by atoms with Gasteiger partial charge in [0.05, 0.1) is 5.69 Å². The Labute approximate surface area is 142 Å². The maximum Gasteiger partial charge on any atom is 0.202 e. The van der Waals surface area contributed by atoms with Crippen molar-refractivity contribution in [3.8, 4) is 17.4 Å². The van der Waals surface area contributed by atoms with Crippen LogP contribution in [0.15, 0.2) is 47.0 Å². The zero-order valence-electron chi connectivity index (χ0n) is 12.6. The number of aromatic hydroxyl groups is 2. The summed E-state index contributed by atoms with van der Waals surface area (Å²) in [5.74, 6) is 1.63. The second-order valence-electron chi connectivity index (χ2n) is 6.72. The predicted molar refractivity (Wildman–Crippen MR) is 92.3 cm³/mol. The number of benzene rings is 1. The van der Waals surface area contributed by atoms with Crippen molar-refractivity contribution < 1.29 is 10.2 Å². The van der Waals surface area contributed by atoms with Gasteiger partial charge in [-0.15, -0.1) is 0 Å². The molecule has 1 aromatic heterocycles. The molecule has 2 aromatic rings. The van der Waals surface area contributed by atoms with Gasteiger partial charge in [-0.25, -0.2) is 0 Å². The summed E-state index contributed by atoms with van der Waals surface area (Å²) < 4.78 is 2.60. The summed E-state index contributed by atoms with van der Waals surface area (Å²) in [6.07, 6.45) is 8.83. The van der Waals surface area contributed by atoms with Crippen molar-refractivity contribution in [2.75, 3.05) is 0 Å². The fourth-order valence-corrected chi connectivity index (χ4v) is 4.66. The molecule has 0 radical (unpaired) electrons. The molecule has 0 aliphatic heterocycles. The molecule has 0 unspecified atom stereocenters. The van der Waals surface area contributed by atoms with Gasteiger partial charge in [0.1, 0.15) is 0 Å². The topological polar surface area (TPSA) is 45.4 Å². The van der Waals surface area contributed by atoms with Crippen LogP contribution in [0.3, 0.4) is 0 Å². The van der Waals surface area contributed by atoms with Gasteiger partial charge in [-0.2, -0.15) is 0 Å². The molecule has 1 heterocycles. The van der Waals surface area contributed by atoms with Crippen LogP contribution >= 0.6 is 15.9 Å². The number of nitrogens with zero attached hydrogens (tertiary/aromatic N) is 1. The highest BCUT2D eigenvalue weighted by atomic mass is 79.9. The third kappa shape index (κ3) is 1.55. The summed E-state index contributed by atoms with van der Waals surface area (Å²) in [6, 6.07) is 5.82. The van der Waals surface area contributed by atoms with E-state index in [4.69, 9.17) is 0 Å². The van der Waals surface area contributed by atoms with Crippen molar-refractivity contribution in [3.63, 3.8) is 0 Å². The summed E-state index contributed by atoms with van der Waals surface area (Å²) in [4.78, 5) is 0. The maximum atomic E-state index is 10.9. The van der Waals surface area contributed by atoms with Crippen LogP contribution in [0.25, 0.3) is 5.69 Å². The maximum absolute atomic E-state index is 10.9. The Morgan fingerprint density at radius 3 is 1.96 bits per heavy atom. The molecule has 3 nitrogen and oxygen atoms in total. The Balaban J connectivity index is 1.75. The first-order chi connectivity index (χ1) is 11.1. The molecule has 116 valence electrons. The standard InChI is InChI=1S/C19H16BrNO2/c1-9-8-10(2-7-15(9)20)21-18(22)16-13-5-6-14(17(16)19(21)23)12-4-3-11(12)13/h2-8,11-14,22-23H,1H3/t11-,12+,13-,14+. The van der Waals surface area contributed by atoms with E-state index < -0.39 is 0 Å². The quantitative estimate of drug-likeness (QED) is 0.726. The van der Waals surface area contributed by atoms with Gasteiger partial charge in [-0.1, -0.05) is 40.2 Å². The fraction of sp³-hybridized carbons (Fsp3) is 0.263. The first-order valence-electron chi connectivity index (χ1n) is 7.87. The van der Waals surface area contributed by atoms with E-state index in [1.807, 2.05) is 25.1 Å². The largest absolute Gasteiger partial charge is 0.494 e. The van der Waals surface area contributed by atoms with Crippen molar-refractivity contribution in [1.29, 1.82) is 0 Å². The molecular weight excluding hydrogens is 354 g/mol. The van der Waals surface area contributed by atoms with Crippen LogP contribution in [0.4, 0.5) is 0 Å². The van der Waals surface area contributed by atoms with E-state index >= 15 is 0 Å². The van der Waals surface area contributed by atoms with Crippen molar-refractivity contribution in [1.82, 2.24) is 4.57 Å². The first kappa shape index (κ1) is 13.5. The molecule has 2 bridgehead atoms. The molecule has 0 saturated heterocycles. The van der Waals surface area contributed by atoms with Crippen LogP contribution in [-0.4, -0.2) is 14.8 Å². The van der Waals surface area contributed by atoms with Crippen molar-refractivity contribution >= 4 is 15.9 Å². The van der Waals surface area contributed by atoms with Crippen LogP contribution in [0, 0.1) is 18.8 Å². The third-order valence-electron chi connectivity index (χ3n) is 5.62. The minimum absolute atomic E-state index is 0.175. The van der Waals surface area contributed by atoms with Crippen LogP contribution < -0.4 is 0 Å². The molecule has 23 heavy (non-hydrogen) atoms. The third-order valence-corrected chi connectivity index (χ3v) is 6.51. The Hall–Kier alpha value is -1.94. The minimum atomic E-state index is 0.175. The highest BCUT2D eigenvalue weighted by molar-refractivity contribution is 9.10. The Morgan fingerprint density at radius 2 is 1.48 bits per heavy atom. The summed E-state index contributed by atoms with van der Waals surface area (Å²) in [6.45, 7) is 2.00. The number of rotatable bonds is 1. The number of aryl methyl sites for hydroxylation is 1. The van der Waals surface area contributed by atoms with E-state index in [1.165, 1.54) is 0 Å². The van der Waals surface area contributed by atoms with Gasteiger partial charge in [-0.05, 0) is 42.5 Å². The molecule has 0 fully saturated rings. The summed E-state index contributed by atoms with van der Waals surface area (Å²) in [7, 11) is 0. The van der Waals surface area contributed by atoms with E-state index in [2.05, 4.69) is 40.2 Å². The highest BCUT2D eigenvalue weighted by Gasteiger charge is 2.49. The number of halogens is 1. The van der Waals surface area contributed by atoms with E-state index in [1.54, 1.807) is 4.57 Å². The van der Waals surface area contributed by atoms with Crippen molar-refractivity contribution in [2.24, 2.45) is 11.8 Å². The van der Waals surface area contributed by atoms with Gasteiger partial charge in [0.15, 0.2) is 0 Å². The lowest BCUT2D eigenvalue weighted by Crippen LogP contribution is -2.36. The van der Waals surface area contributed by atoms with Gasteiger partial charge in [-0.3, -0.25) is 4.57 Å². The number of aromatic nitrogens is 1. The average molecular weight is 370 g/mol. The second kappa shape index (κ2) is 4.32. The Morgan fingerprint density at radius 1 is 0.913 bits per heavy atom. The smallest absolute Gasteiger partial charge is 0.202 e. The van der Waals surface area contributed by atoms with Gasteiger partial charge in [0, 0.05) is 27.4 Å². The van der Waals surface area contributed by atoms with Gasteiger partial charge in [0.2, 0.25) is 11.8 Å². The van der Waals surface area contributed by atoms with E-state index in [-0.39, 0.29) is 23.6 Å². The summed E-state index contributed by atoms with van der Waals surface area (Å²) >= 11 is 3.50.